The van der Waals surface area contributed by atoms with Crippen molar-refractivity contribution in [3.8, 4) is 0 Å². The Bertz CT molecular complexity index is 335. The molecule has 0 aliphatic carbocycles. The van der Waals surface area contributed by atoms with E-state index in [9.17, 15) is 10.2 Å². The molecule has 0 aliphatic heterocycles. The number of hydrogen-bond acceptors (Lipinski definition) is 3. The molecule has 1 aromatic rings. The topological polar surface area (TPSA) is 52.5 Å². The van der Waals surface area contributed by atoms with E-state index in [1.54, 1.807) is 25.2 Å². The van der Waals surface area contributed by atoms with Crippen LogP contribution in [0.15, 0.2) is 22.7 Å². The third-order valence-electron chi connectivity index (χ3n) is 2.05. The summed E-state index contributed by atoms with van der Waals surface area (Å²) in [5.41, 5.74) is 0.522. The minimum Gasteiger partial charge on any atom is -0.389 e. The van der Waals surface area contributed by atoms with Gasteiger partial charge >= 0.3 is 0 Å². The first-order valence-corrected chi connectivity index (χ1v) is 5.69. The van der Waals surface area contributed by atoms with Gasteiger partial charge in [0.05, 0.1) is 6.10 Å². The van der Waals surface area contributed by atoms with Crippen molar-refractivity contribution in [1.82, 2.24) is 5.32 Å². The zero-order valence-corrected chi connectivity index (χ0v) is 10.6. The molecule has 15 heavy (non-hydrogen) atoms. The summed E-state index contributed by atoms with van der Waals surface area (Å²) in [5, 5.41) is 22.7. The van der Waals surface area contributed by atoms with E-state index in [-0.39, 0.29) is 0 Å². The van der Waals surface area contributed by atoms with Crippen molar-refractivity contribution in [1.29, 1.82) is 0 Å². The molecule has 0 bridgehead atoms. The Morgan fingerprint density at radius 3 is 2.73 bits per heavy atom. The first-order chi connectivity index (χ1) is 7.06. The number of aliphatic hydroxyl groups is 2. The summed E-state index contributed by atoms with van der Waals surface area (Å²) in [5.74, 6) is 0. The van der Waals surface area contributed by atoms with Gasteiger partial charge in [0, 0.05) is 21.6 Å². The highest BCUT2D eigenvalue weighted by atomic mass is 79.9. The van der Waals surface area contributed by atoms with Gasteiger partial charge in [-0.05, 0) is 25.2 Å². The molecule has 0 aliphatic rings. The summed E-state index contributed by atoms with van der Waals surface area (Å²) in [4.78, 5) is 0. The molecule has 2 atom stereocenters. The number of hydrogen-bond donors (Lipinski definition) is 3. The Morgan fingerprint density at radius 1 is 1.47 bits per heavy atom. The van der Waals surface area contributed by atoms with Crippen LogP contribution < -0.4 is 5.32 Å². The predicted molar refractivity (Wildman–Crippen MR) is 64.0 cm³/mol. The van der Waals surface area contributed by atoms with Gasteiger partial charge in [0.25, 0.3) is 0 Å². The fourth-order valence-electron chi connectivity index (χ4n) is 1.27. The van der Waals surface area contributed by atoms with Gasteiger partial charge < -0.3 is 15.5 Å². The van der Waals surface area contributed by atoms with Gasteiger partial charge in [0.2, 0.25) is 0 Å². The monoisotopic (exact) mass is 293 g/mol. The second kappa shape index (κ2) is 5.82. The van der Waals surface area contributed by atoms with Gasteiger partial charge in [-0.25, -0.2) is 0 Å². The number of benzene rings is 1. The molecule has 0 aromatic heterocycles. The van der Waals surface area contributed by atoms with Crippen LogP contribution in [0.5, 0.6) is 0 Å². The molecule has 1 aromatic carbocycles. The quantitative estimate of drug-likeness (QED) is 0.792. The molecule has 2 unspecified atom stereocenters. The first kappa shape index (κ1) is 12.9. The summed E-state index contributed by atoms with van der Waals surface area (Å²) in [6.45, 7) is 0.310. The standard InChI is InChI=1S/C10H13BrClNO2/c1-13-5-9(14)10(15)7-4-6(11)2-3-8(7)12/h2-4,9-10,13-15H,5H2,1H3. The van der Waals surface area contributed by atoms with Crippen LogP contribution in [0.2, 0.25) is 5.02 Å². The van der Waals surface area contributed by atoms with Crippen LogP contribution in [0.1, 0.15) is 11.7 Å². The van der Waals surface area contributed by atoms with E-state index >= 15 is 0 Å². The van der Waals surface area contributed by atoms with E-state index in [1.165, 1.54) is 0 Å². The van der Waals surface area contributed by atoms with Crippen molar-refractivity contribution in [2.45, 2.75) is 12.2 Å². The Kier molecular flexibility index (Phi) is 5.02. The maximum Gasteiger partial charge on any atom is 0.108 e. The average molecular weight is 295 g/mol. The number of rotatable bonds is 4. The third kappa shape index (κ3) is 3.43. The van der Waals surface area contributed by atoms with Crippen molar-refractivity contribution < 1.29 is 10.2 Å². The van der Waals surface area contributed by atoms with Gasteiger partial charge in [-0.2, -0.15) is 0 Å². The molecule has 5 heteroatoms. The lowest BCUT2D eigenvalue weighted by molar-refractivity contribution is 0.0202. The highest BCUT2D eigenvalue weighted by Crippen LogP contribution is 2.28. The zero-order chi connectivity index (χ0) is 11.4. The van der Waals surface area contributed by atoms with Crippen LogP contribution in [-0.2, 0) is 0 Å². The minimum atomic E-state index is -0.984. The smallest absolute Gasteiger partial charge is 0.108 e. The Hall–Kier alpha value is -0.130. The Balaban J connectivity index is 2.89. The van der Waals surface area contributed by atoms with Gasteiger partial charge in [0.1, 0.15) is 6.10 Å². The van der Waals surface area contributed by atoms with E-state index in [1.807, 2.05) is 0 Å². The van der Waals surface area contributed by atoms with Crippen molar-refractivity contribution >= 4 is 27.5 Å². The normalized spacial score (nSPS) is 15.0. The molecule has 0 radical (unpaired) electrons. The summed E-state index contributed by atoms with van der Waals surface area (Å²) in [6.07, 6.45) is -1.86. The number of aliphatic hydroxyl groups excluding tert-OH is 2. The first-order valence-electron chi connectivity index (χ1n) is 4.52. The lowest BCUT2D eigenvalue weighted by Gasteiger charge is -2.19. The lowest BCUT2D eigenvalue weighted by Crippen LogP contribution is -2.29. The molecule has 0 heterocycles. The Labute approximate surface area is 102 Å². The van der Waals surface area contributed by atoms with Crippen molar-refractivity contribution in [2.24, 2.45) is 0 Å². The van der Waals surface area contributed by atoms with Gasteiger partial charge in [-0.15, -0.1) is 0 Å². The SMILES string of the molecule is CNCC(O)C(O)c1cc(Br)ccc1Cl. The second-order valence-electron chi connectivity index (χ2n) is 3.24. The van der Waals surface area contributed by atoms with Gasteiger partial charge in [0.15, 0.2) is 0 Å². The van der Waals surface area contributed by atoms with Gasteiger partial charge in [-0.1, -0.05) is 27.5 Å². The van der Waals surface area contributed by atoms with Crippen LogP contribution in [0, 0.1) is 0 Å². The number of halogens is 2. The van der Waals surface area contributed by atoms with Crippen molar-refractivity contribution in [2.75, 3.05) is 13.6 Å². The molecule has 3 nitrogen and oxygen atoms in total. The molecule has 0 saturated carbocycles. The predicted octanol–water partition coefficient (Wildman–Crippen LogP) is 1.72. The van der Waals surface area contributed by atoms with Crippen LogP contribution in [-0.4, -0.2) is 29.9 Å². The summed E-state index contributed by atoms with van der Waals surface area (Å²) in [7, 11) is 1.71. The average Bonchev–Trinajstić information content (AvgIpc) is 2.21. The van der Waals surface area contributed by atoms with E-state index < -0.39 is 12.2 Å². The largest absolute Gasteiger partial charge is 0.389 e. The minimum absolute atomic E-state index is 0.310. The van der Waals surface area contributed by atoms with Crippen molar-refractivity contribution in [3.63, 3.8) is 0 Å². The van der Waals surface area contributed by atoms with E-state index in [4.69, 9.17) is 11.6 Å². The van der Waals surface area contributed by atoms with Crippen LogP contribution in [0.3, 0.4) is 0 Å². The summed E-state index contributed by atoms with van der Waals surface area (Å²) >= 11 is 9.21. The van der Waals surface area contributed by atoms with Crippen LogP contribution in [0.4, 0.5) is 0 Å². The maximum absolute atomic E-state index is 9.83. The molecular formula is C10H13BrClNO2. The molecule has 1 rings (SSSR count). The fourth-order valence-corrected chi connectivity index (χ4v) is 1.88. The van der Waals surface area contributed by atoms with Crippen LogP contribution >= 0.6 is 27.5 Å². The molecule has 0 spiro atoms. The second-order valence-corrected chi connectivity index (χ2v) is 4.56. The molecule has 0 amide bonds. The molecular weight excluding hydrogens is 281 g/mol. The third-order valence-corrected chi connectivity index (χ3v) is 2.89. The van der Waals surface area contributed by atoms with E-state index in [0.717, 1.165) is 4.47 Å². The molecule has 0 fully saturated rings. The van der Waals surface area contributed by atoms with Crippen LogP contribution in [0.25, 0.3) is 0 Å². The highest BCUT2D eigenvalue weighted by Gasteiger charge is 2.20. The Morgan fingerprint density at radius 2 is 2.13 bits per heavy atom. The maximum atomic E-state index is 9.83. The number of nitrogens with one attached hydrogen (secondary N) is 1. The van der Waals surface area contributed by atoms with Gasteiger partial charge in [-0.3, -0.25) is 0 Å². The fraction of sp³-hybridized carbons (Fsp3) is 0.400. The zero-order valence-electron chi connectivity index (χ0n) is 8.24. The van der Waals surface area contributed by atoms with Crippen molar-refractivity contribution in [3.05, 3.63) is 33.3 Å². The molecule has 0 saturated heterocycles. The molecule has 3 N–H and O–H groups in total. The highest BCUT2D eigenvalue weighted by molar-refractivity contribution is 9.10. The van der Waals surface area contributed by atoms with E-state index in [0.29, 0.717) is 17.1 Å². The summed E-state index contributed by atoms with van der Waals surface area (Å²) < 4.78 is 0.817. The molecule has 84 valence electrons. The van der Waals surface area contributed by atoms with E-state index in [2.05, 4.69) is 21.2 Å². The number of likely N-dealkylation sites (N-methyl/N-ethyl adjacent to an activating group) is 1. The lowest BCUT2D eigenvalue weighted by atomic mass is 10.0. The summed E-state index contributed by atoms with van der Waals surface area (Å²) in [6, 6.07) is 5.16.